The number of piperazine rings is 1. The Kier molecular flexibility index (Phi) is 8.79. The molecule has 1 saturated heterocycles. The molecule has 2 aliphatic rings. The van der Waals surface area contributed by atoms with E-state index in [-0.39, 0.29) is 24.7 Å². The SMILES string of the molecule is Cl.O=C(O)CCCCN1CCN(C(=O)C2CCCCC2)CC1. The second kappa shape index (κ2) is 10.1. The molecule has 0 aromatic heterocycles. The van der Waals surface area contributed by atoms with Crippen LogP contribution in [0.25, 0.3) is 0 Å². The molecule has 1 N–H and O–H groups in total. The van der Waals surface area contributed by atoms with E-state index < -0.39 is 5.97 Å². The first-order chi connectivity index (χ1) is 10.2. The second-order valence-electron chi connectivity index (χ2n) is 6.35. The number of carbonyl (C=O) groups excluding carboxylic acids is 1. The summed E-state index contributed by atoms with van der Waals surface area (Å²) in [4.78, 5) is 27.3. The van der Waals surface area contributed by atoms with E-state index in [9.17, 15) is 9.59 Å². The van der Waals surface area contributed by atoms with Crippen LogP contribution in [0.4, 0.5) is 0 Å². The molecule has 0 unspecified atom stereocenters. The van der Waals surface area contributed by atoms with Gasteiger partial charge in [-0.3, -0.25) is 14.5 Å². The zero-order valence-electron chi connectivity index (χ0n) is 13.3. The lowest BCUT2D eigenvalue weighted by Crippen LogP contribution is -2.50. The third-order valence-corrected chi connectivity index (χ3v) is 4.75. The van der Waals surface area contributed by atoms with Crippen LogP contribution in [0.1, 0.15) is 51.4 Å². The third-order valence-electron chi connectivity index (χ3n) is 4.75. The fourth-order valence-electron chi connectivity index (χ4n) is 3.41. The van der Waals surface area contributed by atoms with Gasteiger partial charge in [-0.1, -0.05) is 19.3 Å². The van der Waals surface area contributed by atoms with Crippen molar-refractivity contribution in [2.24, 2.45) is 5.92 Å². The predicted molar refractivity (Wildman–Crippen MR) is 88.3 cm³/mol. The molecule has 0 aromatic carbocycles. The molecule has 1 heterocycles. The lowest BCUT2D eigenvalue weighted by Gasteiger charge is -2.37. The number of hydrogen-bond donors (Lipinski definition) is 1. The summed E-state index contributed by atoms with van der Waals surface area (Å²) in [6.07, 6.45) is 7.80. The number of aliphatic carboxylic acids is 1. The quantitative estimate of drug-likeness (QED) is 0.759. The first-order valence-corrected chi connectivity index (χ1v) is 8.40. The van der Waals surface area contributed by atoms with Crippen molar-refractivity contribution in [2.45, 2.75) is 51.4 Å². The van der Waals surface area contributed by atoms with Gasteiger partial charge in [-0.05, 0) is 32.2 Å². The molecular weight excluding hydrogens is 304 g/mol. The molecule has 1 saturated carbocycles. The van der Waals surface area contributed by atoms with Gasteiger partial charge in [0.05, 0.1) is 0 Å². The molecule has 0 atom stereocenters. The number of hydrogen-bond acceptors (Lipinski definition) is 3. The molecule has 0 spiro atoms. The Hall–Kier alpha value is -0.810. The Morgan fingerprint density at radius 2 is 1.59 bits per heavy atom. The first kappa shape index (κ1) is 19.2. The van der Waals surface area contributed by atoms with Gasteiger partial charge in [0.1, 0.15) is 0 Å². The zero-order valence-corrected chi connectivity index (χ0v) is 14.2. The monoisotopic (exact) mass is 332 g/mol. The fraction of sp³-hybridized carbons (Fsp3) is 0.875. The van der Waals surface area contributed by atoms with E-state index in [4.69, 9.17) is 5.11 Å². The van der Waals surface area contributed by atoms with Crippen LogP contribution in [0.2, 0.25) is 0 Å². The van der Waals surface area contributed by atoms with Crippen molar-refractivity contribution in [3.63, 3.8) is 0 Å². The third kappa shape index (κ3) is 6.13. The summed E-state index contributed by atoms with van der Waals surface area (Å²) in [6, 6.07) is 0. The summed E-state index contributed by atoms with van der Waals surface area (Å²) in [7, 11) is 0. The average molecular weight is 333 g/mol. The van der Waals surface area contributed by atoms with Crippen LogP contribution in [0, 0.1) is 5.92 Å². The van der Waals surface area contributed by atoms with Crippen molar-refractivity contribution in [3.8, 4) is 0 Å². The summed E-state index contributed by atoms with van der Waals surface area (Å²) < 4.78 is 0. The maximum Gasteiger partial charge on any atom is 0.303 e. The van der Waals surface area contributed by atoms with Gasteiger partial charge >= 0.3 is 5.97 Å². The highest BCUT2D eigenvalue weighted by atomic mass is 35.5. The van der Waals surface area contributed by atoms with Crippen LogP contribution in [0.3, 0.4) is 0 Å². The molecule has 2 fully saturated rings. The minimum atomic E-state index is -0.710. The lowest BCUT2D eigenvalue weighted by molar-refractivity contribution is -0.139. The fourth-order valence-corrected chi connectivity index (χ4v) is 3.41. The van der Waals surface area contributed by atoms with Crippen LogP contribution in [0.5, 0.6) is 0 Å². The van der Waals surface area contributed by atoms with Crippen molar-refractivity contribution in [3.05, 3.63) is 0 Å². The van der Waals surface area contributed by atoms with E-state index in [1.165, 1.54) is 19.3 Å². The van der Waals surface area contributed by atoms with E-state index in [2.05, 4.69) is 4.90 Å². The molecule has 22 heavy (non-hydrogen) atoms. The van der Waals surface area contributed by atoms with E-state index in [0.717, 1.165) is 58.4 Å². The molecule has 0 radical (unpaired) electrons. The van der Waals surface area contributed by atoms with Gasteiger partial charge < -0.3 is 10.0 Å². The van der Waals surface area contributed by atoms with Crippen molar-refractivity contribution in [2.75, 3.05) is 32.7 Å². The van der Waals surface area contributed by atoms with Crippen molar-refractivity contribution < 1.29 is 14.7 Å². The van der Waals surface area contributed by atoms with Gasteiger partial charge in [-0.25, -0.2) is 0 Å². The molecule has 1 aliphatic carbocycles. The summed E-state index contributed by atoms with van der Waals surface area (Å²) in [5.74, 6) is -0.0565. The Morgan fingerprint density at radius 3 is 2.18 bits per heavy atom. The highest BCUT2D eigenvalue weighted by molar-refractivity contribution is 5.85. The van der Waals surface area contributed by atoms with Crippen LogP contribution in [0.15, 0.2) is 0 Å². The van der Waals surface area contributed by atoms with Crippen LogP contribution in [-0.4, -0.2) is 59.5 Å². The predicted octanol–water partition coefficient (Wildman–Crippen LogP) is 2.39. The minimum Gasteiger partial charge on any atom is -0.481 e. The maximum absolute atomic E-state index is 12.4. The number of carbonyl (C=O) groups is 2. The summed E-state index contributed by atoms with van der Waals surface area (Å²) in [6.45, 7) is 4.51. The number of amides is 1. The topological polar surface area (TPSA) is 60.9 Å². The van der Waals surface area contributed by atoms with E-state index in [1.807, 2.05) is 4.90 Å². The molecule has 5 nitrogen and oxygen atoms in total. The Balaban J connectivity index is 0.00000242. The Morgan fingerprint density at radius 1 is 0.955 bits per heavy atom. The van der Waals surface area contributed by atoms with Crippen LogP contribution < -0.4 is 0 Å². The summed E-state index contributed by atoms with van der Waals surface area (Å²) in [5, 5.41) is 8.61. The summed E-state index contributed by atoms with van der Waals surface area (Å²) in [5.41, 5.74) is 0. The van der Waals surface area contributed by atoms with Crippen LogP contribution in [-0.2, 0) is 9.59 Å². The largest absolute Gasteiger partial charge is 0.481 e. The van der Waals surface area contributed by atoms with Crippen LogP contribution >= 0.6 is 12.4 Å². The van der Waals surface area contributed by atoms with E-state index in [1.54, 1.807) is 0 Å². The van der Waals surface area contributed by atoms with Gasteiger partial charge in [0.2, 0.25) is 5.91 Å². The van der Waals surface area contributed by atoms with Crippen molar-refractivity contribution >= 4 is 24.3 Å². The maximum atomic E-state index is 12.4. The molecule has 6 heteroatoms. The number of rotatable bonds is 6. The zero-order chi connectivity index (χ0) is 15.1. The molecule has 1 aliphatic heterocycles. The smallest absolute Gasteiger partial charge is 0.303 e. The highest BCUT2D eigenvalue weighted by Crippen LogP contribution is 2.25. The molecule has 0 aromatic rings. The normalized spacial score (nSPS) is 20.5. The molecule has 1 amide bonds. The number of carboxylic acids is 1. The molecule has 0 bridgehead atoms. The lowest BCUT2D eigenvalue weighted by atomic mass is 9.88. The van der Waals surface area contributed by atoms with Crippen molar-refractivity contribution in [1.29, 1.82) is 0 Å². The number of unbranched alkanes of at least 4 members (excludes halogenated alkanes) is 1. The van der Waals surface area contributed by atoms with Gasteiger partial charge in [0.15, 0.2) is 0 Å². The molecule has 128 valence electrons. The highest BCUT2D eigenvalue weighted by Gasteiger charge is 2.28. The number of carboxylic acid groups (broad SMARTS) is 1. The van der Waals surface area contributed by atoms with Gasteiger partial charge in [-0.15, -0.1) is 12.4 Å². The van der Waals surface area contributed by atoms with Crippen molar-refractivity contribution in [1.82, 2.24) is 9.80 Å². The van der Waals surface area contributed by atoms with Gasteiger partial charge in [-0.2, -0.15) is 0 Å². The van der Waals surface area contributed by atoms with E-state index >= 15 is 0 Å². The number of halogens is 1. The van der Waals surface area contributed by atoms with Gasteiger partial charge in [0, 0.05) is 38.5 Å². The Labute approximate surface area is 139 Å². The van der Waals surface area contributed by atoms with Gasteiger partial charge in [0.25, 0.3) is 0 Å². The molecular formula is C16H29ClN2O3. The number of nitrogens with zero attached hydrogens (tertiary/aromatic N) is 2. The molecule has 2 rings (SSSR count). The Bertz CT molecular complexity index is 351. The second-order valence-corrected chi connectivity index (χ2v) is 6.35. The minimum absolute atomic E-state index is 0. The summed E-state index contributed by atoms with van der Waals surface area (Å²) >= 11 is 0. The van der Waals surface area contributed by atoms with E-state index in [0.29, 0.717) is 5.91 Å². The average Bonchev–Trinajstić information content (AvgIpc) is 2.52. The first-order valence-electron chi connectivity index (χ1n) is 8.40. The standard InChI is InChI=1S/C16H28N2O3.ClH/c19-15(20)8-4-5-9-17-10-12-18(13-11-17)16(21)14-6-2-1-3-7-14;/h14H,1-13H2,(H,19,20);1H.